The Bertz CT molecular complexity index is 1280. The highest BCUT2D eigenvalue weighted by Gasteiger charge is 2.37. The van der Waals surface area contributed by atoms with Gasteiger partial charge in [0.2, 0.25) is 5.91 Å². The molecule has 0 bridgehead atoms. The van der Waals surface area contributed by atoms with Crippen molar-refractivity contribution in [3.8, 4) is 17.2 Å². The molecule has 6 N–H and O–H groups in total. The van der Waals surface area contributed by atoms with E-state index in [9.17, 15) is 19.5 Å². The van der Waals surface area contributed by atoms with Crippen LogP contribution in [0.3, 0.4) is 0 Å². The van der Waals surface area contributed by atoms with Crippen LogP contribution in [0.1, 0.15) is 31.8 Å². The highest BCUT2D eigenvalue weighted by atomic mass is 32.1. The number of carbonyl (C=O) groups is 3. The molecule has 0 unspecified atom stereocenters. The average molecular weight is 530 g/mol. The number of aromatic nitrogens is 1. The first-order valence-electron chi connectivity index (χ1n) is 10.9. The van der Waals surface area contributed by atoms with Gasteiger partial charge in [0.05, 0.1) is 32.2 Å². The number of carbonyl (C=O) groups excluding carboxylic acids is 3. The van der Waals surface area contributed by atoms with Gasteiger partial charge in [0.25, 0.3) is 11.8 Å². The number of anilines is 2. The van der Waals surface area contributed by atoms with Gasteiger partial charge in [0.1, 0.15) is 28.2 Å². The number of methoxy groups -OCH3 is 3. The Morgan fingerprint density at radius 2 is 1.81 bits per heavy atom. The number of ether oxygens (including phenoxy) is 3. The Balaban J connectivity index is 2.28. The molecule has 0 saturated carbocycles. The molecule has 12 nitrogen and oxygen atoms in total. The third-order valence-corrected chi connectivity index (χ3v) is 6.19. The minimum Gasteiger partial charge on any atom is -0.508 e. The Kier molecular flexibility index (Phi) is 8.87. The van der Waals surface area contributed by atoms with Crippen LogP contribution < -0.4 is 31.2 Å². The second-order valence-corrected chi connectivity index (χ2v) is 8.40. The summed E-state index contributed by atoms with van der Waals surface area (Å²) in [7, 11) is 4.35. The lowest BCUT2D eigenvalue weighted by molar-refractivity contribution is -0.122. The number of nitrogens with zero attached hydrogens (tertiary/aromatic N) is 2. The smallest absolute Gasteiger partial charge is 0.273 e. The average Bonchev–Trinajstić information content (AvgIpc) is 3.28. The van der Waals surface area contributed by atoms with Gasteiger partial charge in [0.15, 0.2) is 5.69 Å². The maximum Gasteiger partial charge on any atom is 0.273 e. The monoisotopic (exact) mass is 529 g/mol. The molecule has 3 rings (SSSR count). The lowest BCUT2D eigenvalue weighted by atomic mass is 10.0. The number of nitrogen functional groups attached to an aromatic ring is 1. The molecule has 37 heavy (non-hydrogen) atoms. The van der Waals surface area contributed by atoms with Crippen LogP contribution in [-0.4, -0.2) is 61.7 Å². The number of benzene rings is 2. The topological polar surface area (TPSA) is 179 Å². The van der Waals surface area contributed by atoms with Crippen LogP contribution in [0.5, 0.6) is 17.2 Å². The summed E-state index contributed by atoms with van der Waals surface area (Å²) in [5.74, 6) is -1.59. The van der Waals surface area contributed by atoms with Crippen LogP contribution in [0.15, 0.2) is 42.5 Å². The van der Waals surface area contributed by atoms with Gasteiger partial charge in [-0.1, -0.05) is 12.1 Å². The number of nitrogens with two attached hydrogens (primary N) is 2. The Morgan fingerprint density at radius 1 is 1.11 bits per heavy atom. The third-order valence-electron chi connectivity index (χ3n) is 5.34. The Morgan fingerprint density at radius 3 is 2.38 bits per heavy atom. The summed E-state index contributed by atoms with van der Waals surface area (Å²) in [6.45, 7) is 0.393. The van der Waals surface area contributed by atoms with Gasteiger partial charge in [-0.3, -0.25) is 19.3 Å². The maximum atomic E-state index is 14.1. The molecule has 13 heteroatoms. The second-order valence-electron chi connectivity index (χ2n) is 7.63. The number of primary amides is 1. The molecule has 196 valence electrons. The van der Waals surface area contributed by atoms with Gasteiger partial charge < -0.3 is 36.1 Å². The molecule has 3 amide bonds. The van der Waals surface area contributed by atoms with E-state index in [-0.39, 0.29) is 46.6 Å². The van der Waals surface area contributed by atoms with Crippen LogP contribution in [0.25, 0.3) is 0 Å². The molecular weight excluding hydrogens is 502 g/mol. The fourth-order valence-electron chi connectivity index (χ4n) is 3.54. The van der Waals surface area contributed by atoms with Crippen molar-refractivity contribution in [2.75, 3.05) is 45.1 Å². The quantitative estimate of drug-likeness (QED) is 0.269. The van der Waals surface area contributed by atoms with E-state index in [0.29, 0.717) is 22.8 Å². The van der Waals surface area contributed by atoms with Gasteiger partial charge in [0, 0.05) is 19.7 Å². The van der Waals surface area contributed by atoms with E-state index in [1.807, 2.05) is 0 Å². The number of phenols is 1. The van der Waals surface area contributed by atoms with Gasteiger partial charge in [-0.05, 0) is 41.4 Å². The Hall–Kier alpha value is -4.36. The predicted molar refractivity (Wildman–Crippen MR) is 137 cm³/mol. The van der Waals surface area contributed by atoms with Crippen LogP contribution in [0, 0.1) is 0 Å². The van der Waals surface area contributed by atoms with Crippen molar-refractivity contribution in [2.24, 2.45) is 5.73 Å². The molecule has 0 radical (unpaired) electrons. The molecule has 2 aromatic carbocycles. The van der Waals surface area contributed by atoms with Crippen LogP contribution in [0.4, 0.5) is 11.4 Å². The molecule has 1 aromatic heterocycles. The normalized spacial score (nSPS) is 11.4. The lowest BCUT2D eigenvalue weighted by Crippen LogP contribution is -2.45. The van der Waals surface area contributed by atoms with Crippen molar-refractivity contribution < 1.29 is 33.7 Å². The summed E-state index contributed by atoms with van der Waals surface area (Å²) >= 11 is 0.676. The maximum absolute atomic E-state index is 14.1. The third kappa shape index (κ3) is 5.90. The van der Waals surface area contributed by atoms with E-state index < -0.39 is 23.8 Å². The van der Waals surface area contributed by atoms with E-state index in [2.05, 4.69) is 9.69 Å². The number of nitrogens with one attached hydrogen (secondary N) is 1. The van der Waals surface area contributed by atoms with Crippen molar-refractivity contribution in [2.45, 2.75) is 6.04 Å². The van der Waals surface area contributed by atoms with Crippen LogP contribution in [-0.2, 0) is 9.53 Å². The van der Waals surface area contributed by atoms with E-state index in [4.69, 9.17) is 25.7 Å². The number of rotatable bonds is 11. The van der Waals surface area contributed by atoms with Gasteiger partial charge in [-0.25, -0.2) is 0 Å². The molecule has 0 aliphatic rings. The van der Waals surface area contributed by atoms with E-state index >= 15 is 0 Å². The summed E-state index contributed by atoms with van der Waals surface area (Å²) in [5, 5.41) is 12.6. The molecule has 0 aliphatic carbocycles. The van der Waals surface area contributed by atoms with Crippen LogP contribution >= 0.6 is 11.5 Å². The number of hydrogen-bond acceptors (Lipinski definition) is 10. The van der Waals surface area contributed by atoms with Gasteiger partial charge in [-0.2, -0.15) is 4.37 Å². The number of amides is 3. The molecule has 0 spiro atoms. The second kappa shape index (κ2) is 12.1. The molecule has 0 saturated heterocycles. The molecule has 1 heterocycles. The van der Waals surface area contributed by atoms with E-state index in [0.717, 1.165) is 0 Å². The van der Waals surface area contributed by atoms with Gasteiger partial charge in [-0.15, -0.1) is 0 Å². The standard InChI is InChI=1S/C24H27N5O7S/c1-34-11-10-27-23(32)20(13-4-6-14(30)7-5-13)29(16-12-15(35-2)8-9-17(16)36-3)24(33)21-18(25)19(22(26)31)28-37-21/h4-9,12,20,30H,10-11,25H2,1-3H3,(H2,26,31)(H,27,32)/t20-/m0/s1. The molecule has 1 atom stereocenters. The summed E-state index contributed by atoms with van der Waals surface area (Å²) in [4.78, 5) is 40.5. The molecule has 0 aliphatic heterocycles. The largest absolute Gasteiger partial charge is 0.508 e. The SMILES string of the molecule is COCCNC(=O)[C@H](c1ccc(O)cc1)N(C(=O)c1snc(C(N)=O)c1N)c1cc(OC)ccc1OC. The molecule has 3 aromatic rings. The van der Waals surface area contributed by atoms with Crippen molar-refractivity contribution in [3.05, 3.63) is 58.6 Å². The first-order chi connectivity index (χ1) is 17.7. The van der Waals surface area contributed by atoms with Crippen molar-refractivity contribution in [1.82, 2.24) is 9.69 Å². The highest BCUT2D eigenvalue weighted by molar-refractivity contribution is 7.09. The number of hydrogen-bond donors (Lipinski definition) is 4. The zero-order valence-electron chi connectivity index (χ0n) is 20.4. The number of aromatic hydroxyl groups is 1. The minimum atomic E-state index is -1.27. The predicted octanol–water partition coefficient (Wildman–Crippen LogP) is 1.70. The lowest BCUT2D eigenvalue weighted by Gasteiger charge is -2.32. The van der Waals surface area contributed by atoms with Crippen molar-refractivity contribution >= 4 is 40.6 Å². The van der Waals surface area contributed by atoms with Gasteiger partial charge >= 0.3 is 0 Å². The first-order valence-corrected chi connectivity index (χ1v) is 11.7. The van der Waals surface area contributed by atoms with Crippen molar-refractivity contribution in [1.29, 1.82) is 0 Å². The van der Waals surface area contributed by atoms with E-state index in [1.165, 1.54) is 56.6 Å². The molecule has 0 fully saturated rings. The van der Waals surface area contributed by atoms with E-state index in [1.54, 1.807) is 12.1 Å². The van der Waals surface area contributed by atoms with Crippen LogP contribution in [0.2, 0.25) is 0 Å². The molecular formula is C24H27N5O7S. The highest BCUT2D eigenvalue weighted by Crippen LogP contribution is 2.40. The zero-order valence-corrected chi connectivity index (χ0v) is 21.2. The summed E-state index contributed by atoms with van der Waals surface area (Å²) in [5.41, 5.74) is 11.5. The number of phenolic OH excluding ortho intramolecular Hbond substituents is 1. The zero-order chi connectivity index (χ0) is 27.1. The summed E-state index contributed by atoms with van der Waals surface area (Å²) < 4.78 is 19.8. The summed E-state index contributed by atoms with van der Waals surface area (Å²) in [6.07, 6.45) is 0. The summed E-state index contributed by atoms with van der Waals surface area (Å²) in [6, 6.07) is 9.26. The fourth-order valence-corrected chi connectivity index (χ4v) is 4.28. The first kappa shape index (κ1) is 27.2. The van der Waals surface area contributed by atoms with Crippen molar-refractivity contribution in [3.63, 3.8) is 0 Å². The Labute approximate surface area is 216 Å². The minimum absolute atomic E-state index is 0.0306. The fraction of sp³-hybridized carbons (Fsp3) is 0.250.